The van der Waals surface area contributed by atoms with E-state index in [4.69, 9.17) is 15.0 Å². The normalized spacial score (nSPS) is 12.3. The molecule has 0 aliphatic carbocycles. The summed E-state index contributed by atoms with van der Waals surface area (Å²) in [6.45, 7) is 0. The van der Waals surface area contributed by atoms with Gasteiger partial charge in [-0.05, 0) is 41.5 Å². The van der Waals surface area contributed by atoms with E-state index < -0.39 is 5.60 Å². The van der Waals surface area contributed by atoms with Crippen LogP contribution in [0.4, 0.5) is 17.3 Å². The third kappa shape index (κ3) is 5.72. The first-order chi connectivity index (χ1) is 22.6. The van der Waals surface area contributed by atoms with E-state index in [9.17, 15) is 5.11 Å². The Kier molecular flexibility index (Phi) is 8.21. The largest absolute Gasteiger partial charge is 0.376 e. The highest BCUT2D eigenvalue weighted by molar-refractivity contribution is 9.10. The van der Waals surface area contributed by atoms with Gasteiger partial charge in [0, 0.05) is 26.9 Å². The minimum absolute atomic E-state index is 0.427. The van der Waals surface area contributed by atoms with Crippen molar-refractivity contribution in [1.29, 1.82) is 0 Å². The number of aliphatic hydroxyl groups is 1. The highest BCUT2D eigenvalue weighted by Gasteiger charge is 2.38. The fourth-order valence-corrected chi connectivity index (χ4v) is 6.08. The second kappa shape index (κ2) is 12.9. The molecular formula is C40H29BrN4O. The highest BCUT2D eigenvalue weighted by atomic mass is 79.9. The molecule has 7 rings (SSSR count). The second-order valence-electron chi connectivity index (χ2n) is 10.8. The first kappa shape index (κ1) is 29.3. The molecule has 1 atom stereocenters. The zero-order chi connectivity index (χ0) is 31.3. The van der Waals surface area contributed by atoms with E-state index in [0.717, 1.165) is 38.1 Å². The first-order valence-electron chi connectivity index (χ1n) is 15.0. The number of rotatable bonds is 8. The molecule has 1 N–H and O–H groups in total. The van der Waals surface area contributed by atoms with E-state index in [2.05, 4.69) is 15.9 Å². The lowest BCUT2D eigenvalue weighted by molar-refractivity contribution is 0.126. The van der Waals surface area contributed by atoms with Crippen LogP contribution in [0, 0.1) is 0 Å². The van der Waals surface area contributed by atoms with Crippen molar-refractivity contribution in [2.45, 2.75) is 5.60 Å². The lowest BCUT2D eigenvalue weighted by Gasteiger charge is -2.35. The van der Waals surface area contributed by atoms with Gasteiger partial charge in [0.15, 0.2) is 11.6 Å². The van der Waals surface area contributed by atoms with Crippen molar-refractivity contribution >= 4 is 33.3 Å². The average molecular weight is 662 g/mol. The molecule has 222 valence electrons. The van der Waals surface area contributed by atoms with Crippen LogP contribution in [0.5, 0.6) is 0 Å². The van der Waals surface area contributed by atoms with Crippen molar-refractivity contribution in [2.24, 2.45) is 0 Å². The monoisotopic (exact) mass is 660 g/mol. The molecule has 7 aromatic rings. The second-order valence-corrected chi connectivity index (χ2v) is 11.7. The fraction of sp³-hybridized carbons (Fsp3) is 0.0250. The summed E-state index contributed by atoms with van der Waals surface area (Å²) in [7, 11) is 0. The molecule has 0 saturated heterocycles. The molecule has 0 saturated carbocycles. The quantitative estimate of drug-likeness (QED) is 0.164. The molecule has 5 nitrogen and oxygen atoms in total. The molecule has 1 unspecified atom stereocenters. The first-order valence-corrected chi connectivity index (χ1v) is 15.8. The average Bonchev–Trinajstić information content (AvgIpc) is 3.13. The molecule has 0 amide bonds. The van der Waals surface area contributed by atoms with Crippen LogP contribution in [0.3, 0.4) is 0 Å². The Morgan fingerprint density at radius 3 is 1.59 bits per heavy atom. The lowest BCUT2D eigenvalue weighted by Crippen LogP contribution is -2.31. The van der Waals surface area contributed by atoms with E-state index >= 15 is 0 Å². The van der Waals surface area contributed by atoms with Crippen molar-refractivity contribution in [3.05, 3.63) is 191 Å². The van der Waals surface area contributed by atoms with Crippen LogP contribution in [0.25, 0.3) is 22.8 Å². The standard InChI is InChI=1S/C40H29BrN4O/c41-33-23-15-22-32(28-33)40(46,31-20-9-3-10-21-31)35-26-13-14-27-36(35)45(34-24-11-4-12-25-34)39-43-37(29-16-5-1-6-17-29)42-38(44-39)30-18-7-2-8-19-30/h1-28,46H. The molecule has 1 heterocycles. The summed E-state index contributed by atoms with van der Waals surface area (Å²) in [6, 6.07) is 55.3. The minimum Gasteiger partial charge on any atom is -0.376 e. The van der Waals surface area contributed by atoms with E-state index in [0.29, 0.717) is 23.2 Å². The van der Waals surface area contributed by atoms with Gasteiger partial charge in [-0.2, -0.15) is 9.97 Å². The van der Waals surface area contributed by atoms with Crippen molar-refractivity contribution in [3.63, 3.8) is 0 Å². The molecule has 6 heteroatoms. The Bertz CT molecular complexity index is 2020. The van der Waals surface area contributed by atoms with E-state index in [1.807, 2.05) is 175 Å². The zero-order valence-corrected chi connectivity index (χ0v) is 26.4. The van der Waals surface area contributed by atoms with Gasteiger partial charge in [-0.25, -0.2) is 4.98 Å². The number of halogens is 1. The van der Waals surface area contributed by atoms with Gasteiger partial charge in [-0.3, -0.25) is 4.90 Å². The third-order valence-corrected chi connectivity index (χ3v) is 8.36. The SMILES string of the molecule is OC(c1ccccc1)(c1cccc(Br)c1)c1ccccc1N(c1ccccc1)c1nc(-c2ccccc2)nc(-c2ccccc2)n1. The van der Waals surface area contributed by atoms with Gasteiger partial charge in [0.05, 0.1) is 5.69 Å². The number of anilines is 3. The summed E-state index contributed by atoms with van der Waals surface area (Å²) in [5, 5.41) is 13.0. The Morgan fingerprint density at radius 1 is 0.500 bits per heavy atom. The lowest BCUT2D eigenvalue weighted by atomic mass is 9.79. The fourth-order valence-electron chi connectivity index (χ4n) is 5.68. The van der Waals surface area contributed by atoms with Crippen LogP contribution in [-0.4, -0.2) is 20.1 Å². The Morgan fingerprint density at radius 2 is 1.00 bits per heavy atom. The van der Waals surface area contributed by atoms with Crippen LogP contribution in [0.15, 0.2) is 174 Å². The van der Waals surface area contributed by atoms with Crippen molar-refractivity contribution in [3.8, 4) is 22.8 Å². The molecule has 0 bridgehead atoms. The molecule has 0 aliphatic heterocycles. The Labute approximate surface area is 276 Å². The molecular weight excluding hydrogens is 632 g/mol. The number of aromatic nitrogens is 3. The van der Waals surface area contributed by atoms with Crippen molar-refractivity contribution in [1.82, 2.24) is 15.0 Å². The van der Waals surface area contributed by atoms with Gasteiger partial charge < -0.3 is 5.11 Å². The van der Waals surface area contributed by atoms with E-state index in [1.165, 1.54) is 0 Å². The minimum atomic E-state index is -1.52. The third-order valence-electron chi connectivity index (χ3n) is 7.87. The summed E-state index contributed by atoms with van der Waals surface area (Å²) in [6.07, 6.45) is 0. The molecule has 0 spiro atoms. The summed E-state index contributed by atoms with van der Waals surface area (Å²) < 4.78 is 0.870. The van der Waals surface area contributed by atoms with Gasteiger partial charge >= 0.3 is 0 Å². The van der Waals surface area contributed by atoms with Gasteiger partial charge in [-0.15, -0.1) is 0 Å². The van der Waals surface area contributed by atoms with Gasteiger partial charge in [0.1, 0.15) is 5.60 Å². The maximum absolute atomic E-state index is 13.0. The molecule has 6 aromatic carbocycles. The maximum Gasteiger partial charge on any atom is 0.238 e. The number of hydrogen-bond acceptors (Lipinski definition) is 5. The summed E-state index contributed by atoms with van der Waals surface area (Å²) in [4.78, 5) is 17.1. The molecule has 0 radical (unpaired) electrons. The Balaban J connectivity index is 1.52. The van der Waals surface area contributed by atoms with Crippen molar-refractivity contribution < 1.29 is 5.11 Å². The van der Waals surface area contributed by atoms with Crippen molar-refractivity contribution in [2.75, 3.05) is 4.90 Å². The maximum atomic E-state index is 13.0. The number of nitrogens with zero attached hydrogens (tertiary/aromatic N) is 4. The number of para-hydroxylation sites is 2. The molecule has 46 heavy (non-hydrogen) atoms. The van der Waals surface area contributed by atoms with E-state index in [-0.39, 0.29) is 0 Å². The van der Waals surface area contributed by atoms with Gasteiger partial charge in [0.25, 0.3) is 0 Å². The van der Waals surface area contributed by atoms with Crippen LogP contribution in [-0.2, 0) is 5.60 Å². The number of hydrogen-bond donors (Lipinski definition) is 1. The summed E-state index contributed by atoms with van der Waals surface area (Å²) in [5.74, 6) is 1.53. The van der Waals surface area contributed by atoms with Gasteiger partial charge in [-0.1, -0.05) is 155 Å². The number of benzene rings is 6. The zero-order valence-electron chi connectivity index (χ0n) is 24.8. The topological polar surface area (TPSA) is 62.1 Å². The molecule has 0 aliphatic rings. The smallest absolute Gasteiger partial charge is 0.238 e. The van der Waals surface area contributed by atoms with Gasteiger partial charge in [0.2, 0.25) is 5.95 Å². The summed E-state index contributed by atoms with van der Waals surface area (Å²) >= 11 is 3.63. The van der Waals surface area contributed by atoms with E-state index in [1.54, 1.807) is 0 Å². The highest BCUT2D eigenvalue weighted by Crippen LogP contribution is 2.45. The molecule has 1 aromatic heterocycles. The predicted molar refractivity (Wildman–Crippen MR) is 188 cm³/mol. The molecule has 0 fully saturated rings. The van der Waals surface area contributed by atoms with Crippen LogP contribution in [0.2, 0.25) is 0 Å². The Hall–Kier alpha value is -5.43. The van der Waals surface area contributed by atoms with Crippen LogP contribution >= 0.6 is 15.9 Å². The summed E-state index contributed by atoms with van der Waals surface area (Å²) in [5.41, 5.74) is 3.92. The van der Waals surface area contributed by atoms with Crippen LogP contribution in [0.1, 0.15) is 16.7 Å². The van der Waals surface area contributed by atoms with Crippen LogP contribution < -0.4 is 4.90 Å². The predicted octanol–water partition coefficient (Wildman–Crippen LogP) is 9.72.